The quantitative estimate of drug-likeness (QED) is 0.599. The molecule has 2 rings (SSSR count). The van der Waals surface area contributed by atoms with Gasteiger partial charge in [0.1, 0.15) is 0 Å². The summed E-state index contributed by atoms with van der Waals surface area (Å²) in [5.41, 5.74) is 0.754. The molecule has 19 heavy (non-hydrogen) atoms. The van der Waals surface area contributed by atoms with Gasteiger partial charge in [0.25, 0.3) is 5.69 Å². The zero-order valence-electron chi connectivity index (χ0n) is 10.2. The van der Waals surface area contributed by atoms with Crippen molar-refractivity contribution in [2.45, 2.75) is 12.3 Å². The number of hydrogen-bond donors (Lipinski definition) is 0. The summed E-state index contributed by atoms with van der Waals surface area (Å²) in [5.74, 6) is -0.148. The van der Waals surface area contributed by atoms with Crippen LogP contribution in [0.3, 0.4) is 0 Å². The third kappa shape index (κ3) is 3.25. The Morgan fingerprint density at radius 3 is 2.42 bits per heavy atom. The maximum atomic E-state index is 10.8. The second-order valence-corrected chi connectivity index (χ2v) is 4.59. The Morgan fingerprint density at radius 2 is 1.95 bits per heavy atom. The maximum absolute atomic E-state index is 10.8. The Kier molecular flexibility index (Phi) is 4.06. The molecule has 0 radical (unpaired) electrons. The van der Waals surface area contributed by atoms with E-state index < -0.39 is 4.92 Å². The van der Waals surface area contributed by atoms with Gasteiger partial charge in [-0.05, 0) is 17.9 Å². The molecule has 1 aliphatic heterocycles. The zero-order chi connectivity index (χ0) is 13.8. The average Bonchev–Trinajstić information content (AvgIpc) is 2.89. The maximum Gasteiger partial charge on any atom is 0.269 e. The monoisotopic (exact) mass is 266 g/mol. The highest BCUT2D eigenvalue weighted by molar-refractivity contribution is 5.34. The van der Waals surface area contributed by atoms with E-state index in [0.29, 0.717) is 13.2 Å². The van der Waals surface area contributed by atoms with Gasteiger partial charge in [-0.15, -0.1) is 0 Å². The van der Waals surface area contributed by atoms with Crippen molar-refractivity contribution in [2.75, 3.05) is 19.8 Å². The lowest BCUT2D eigenvalue weighted by Gasteiger charge is -2.18. The topological polar surface area (TPSA) is 95.5 Å². The van der Waals surface area contributed by atoms with Crippen molar-refractivity contribution < 1.29 is 14.6 Å². The molecule has 0 bridgehead atoms. The van der Waals surface area contributed by atoms with Crippen LogP contribution in [0.5, 0.6) is 0 Å². The minimum atomic E-state index is -0.481. The van der Waals surface area contributed by atoms with Gasteiger partial charge in [0, 0.05) is 23.7 Å². The van der Waals surface area contributed by atoms with Crippen molar-refractivity contribution in [2.24, 2.45) is 5.92 Å². The first-order valence-corrected chi connectivity index (χ1v) is 6.02. The molecule has 0 aromatic heterocycles. The van der Waals surface area contributed by atoms with Crippen molar-refractivity contribution in [3.05, 3.63) is 50.1 Å². The van der Waals surface area contributed by atoms with Gasteiger partial charge in [0.15, 0.2) is 0 Å². The molecular weight excluding hydrogens is 252 g/mol. The number of nitrogens with zero attached hydrogens (tertiary/aromatic N) is 2. The molecule has 1 aliphatic rings. The predicted octanol–water partition coefficient (Wildman–Crippen LogP) is 1.99. The molecule has 7 nitrogen and oxygen atoms in total. The molecule has 1 fully saturated rings. The van der Waals surface area contributed by atoms with Crippen LogP contribution in [0.4, 0.5) is 5.69 Å². The fraction of sp³-hybridized carbons (Fsp3) is 0.500. The number of rotatable bonds is 5. The van der Waals surface area contributed by atoms with Crippen LogP contribution >= 0.6 is 0 Å². The smallest absolute Gasteiger partial charge is 0.269 e. The van der Waals surface area contributed by atoms with Gasteiger partial charge < -0.3 is 4.74 Å². The number of hydrogen-bond acceptors (Lipinski definition) is 5. The van der Waals surface area contributed by atoms with Crippen LogP contribution in [0.15, 0.2) is 24.3 Å². The Balaban J connectivity index is 2.21. The van der Waals surface area contributed by atoms with E-state index in [2.05, 4.69) is 0 Å². The molecule has 1 unspecified atom stereocenters. The predicted molar refractivity (Wildman–Crippen MR) is 66.6 cm³/mol. The summed E-state index contributed by atoms with van der Waals surface area (Å²) in [4.78, 5) is 20.5. The molecular formula is C12H14N2O5. The standard InChI is InChI=1S/C12H14N2O5/c15-13(16)7-12(10-5-6-19-8-10)9-1-3-11(4-2-9)14(17)18/h1-4,10,12H,5-8H2/t10?,12-/m0/s1. The number of benzene rings is 1. The largest absolute Gasteiger partial charge is 0.381 e. The van der Waals surface area contributed by atoms with Gasteiger partial charge in [-0.25, -0.2) is 0 Å². The fourth-order valence-electron chi connectivity index (χ4n) is 2.40. The molecule has 0 saturated carbocycles. The highest BCUT2D eigenvalue weighted by Crippen LogP contribution is 2.32. The normalized spacial score (nSPS) is 20.1. The summed E-state index contributed by atoms with van der Waals surface area (Å²) in [6.07, 6.45) is 0.787. The first-order valence-electron chi connectivity index (χ1n) is 6.02. The van der Waals surface area contributed by atoms with Crippen molar-refractivity contribution in [1.29, 1.82) is 0 Å². The van der Waals surface area contributed by atoms with E-state index in [4.69, 9.17) is 4.74 Å². The minimum Gasteiger partial charge on any atom is -0.381 e. The van der Waals surface area contributed by atoms with Gasteiger partial charge in [-0.3, -0.25) is 20.2 Å². The van der Waals surface area contributed by atoms with E-state index in [1.807, 2.05) is 0 Å². The lowest BCUT2D eigenvalue weighted by atomic mass is 9.85. The van der Waals surface area contributed by atoms with E-state index in [-0.39, 0.29) is 29.0 Å². The molecule has 1 aromatic rings. The number of nitro groups is 2. The van der Waals surface area contributed by atoms with Crippen LogP contribution in [0.1, 0.15) is 17.9 Å². The molecule has 0 N–H and O–H groups in total. The van der Waals surface area contributed by atoms with Crippen LogP contribution in [-0.2, 0) is 4.74 Å². The van der Waals surface area contributed by atoms with E-state index in [1.54, 1.807) is 12.1 Å². The first kappa shape index (κ1) is 13.4. The van der Waals surface area contributed by atoms with Gasteiger partial charge in [-0.1, -0.05) is 12.1 Å². The van der Waals surface area contributed by atoms with E-state index >= 15 is 0 Å². The lowest BCUT2D eigenvalue weighted by molar-refractivity contribution is -0.484. The van der Waals surface area contributed by atoms with E-state index in [0.717, 1.165) is 12.0 Å². The Bertz CT molecular complexity index is 468. The van der Waals surface area contributed by atoms with Crippen LogP contribution in [0.2, 0.25) is 0 Å². The molecule has 2 atom stereocenters. The van der Waals surface area contributed by atoms with Gasteiger partial charge >= 0.3 is 0 Å². The third-order valence-electron chi connectivity index (χ3n) is 3.41. The molecule has 0 spiro atoms. The van der Waals surface area contributed by atoms with E-state index in [9.17, 15) is 20.2 Å². The molecule has 0 aliphatic carbocycles. The number of ether oxygens (including phenoxy) is 1. The third-order valence-corrected chi connectivity index (χ3v) is 3.41. The second kappa shape index (κ2) is 5.75. The van der Waals surface area contributed by atoms with Gasteiger partial charge in [0.2, 0.25) is 6.54 Å². The average molecular weight is 266 g/mol. The summed E-state index contributed by atoms with van der Waals surface area (Å²) in [7, 11) is 0. The SMILES string of the molecule is O=[N+]([O-])C[C@@H](c1ccc([N+](=O)[O-])cc1)C1CCOC1. The van der Waals surface area contributed by atoms with Crippen LogP contribution in [0.25, 0.3) is 0 Å². The summed E-state index contributed by atoms with van der Waals surface area (Å²) >= 11 is 0. The fourth-order valence-corrected chi connectivity index (χ4v) is 2.40. The first-order chi connectivity index (χ1) is 9.08. The minimum absolute atomic E-state index is 0.00808. The van der Waals surface area contributed by atoms with Crippen molar-refractivity contribution >= 4 is 5.69 Å². The molecule has 102 valence electrons. The second-order valence-electron chi connectivity index (χ2n) is 4.59. The summed E-state index contributed by atoms with van der Waals surface area (Å²) < 4.78 is 5.27. The molecule has 7 heteroatoms. The number of non-ortho nitro benzene ring substituents is 1. The molecule has 1 saturated heterocycles. The summed E-state index contributed by atoms with van der Waals surface area (Å²) in [6, 6.07) is 5.98. The zero-order valence-corrected chi connectivity index (χ0v) is 10.2. The van der Waals surface area contributed by atoms with Crippen molar-refractivity contribution in [3.8, 4) is 0 Å². The van der Waals surface area contributed by atoms with Gasteiger partial charge in [0.05, 0.1) is 17.4 Å². The molecule has 1 heterocycles. The van der Waals surface area contributed by atoms with Gasteiger partial charge in [-0.2, -0.15) is 0 Å². The van der Waals surface area contributed by atoms with Crippen molar-refractivity contribution in [1.82, 2.24) is 0 Å². The summed E-state index contributed by atoms with van der Waals surface area (Å²) in [5, 5.41) is 21.4. The molecule has 0 amide bonds. The number of nitro benzene ring substituents is 1. The Labute approximate surface area is 109 Å². The Morgan fingerprint density at radius 1 is 1.26 bits per heavy atom. The van der Waals surface area contributed by atoms with Crippen molar-refractivity contribution in [3.63, 3.8) is 0 Å². The molecule has 1 aromatic carbocycles. The van der Waals surface area contributed by atoms with Crippen LogP contribution in [-0.4, -0.2) is 29.6 Å². The highest BCUT2D eigenvalue weighted by Gasteiger charge is 2.31. The Hall–Kier alpha value is -2.02. The van der Waals surface area contributed by atoms with Crippen LogP contribution in [0, 0.1) is 26.1 Å². The summed E-state index contributed by atoms with van der Waals surface area (Å²) in [6.45, 7) is 0.952. The lowest BCUT2D eigenvalue weighted by Crippen LogP contribution is -2.21. The van der Waals surface area contributed by atoms with E-state index in [1.165, 1.54) is 12.1 Å². The highest BCUT2D eigenvalue weighted by atomic mass is 16.6. The van der Waals surface area contributed by atoms with Crippen LogP contribution < -0.4 is 0 Å².